The van der Waals surface area contributed by atoms with Gasteiger partial charge in [-0.1, -0.05) is 68.4 Å². The van der Waals surface area contributed by atoms with Crippen LogP contribution in [-0.4, -0.2) is 45.4 Å². The molecule has 0 saturated carbocycles. The van der Waals surface area contributed by atoms with Gasteiger partial charge in [-0.2, -0.15) is 0 Å². The van der Waals surface area contributed by atoms with E-state index in [1.165, 1.54) is 5.56 Å². The van der Waals surface area contributed by atoms with E-state index >= 15 is 0 Å². The largest absolute Gasteiger partial charge is 0.363 e. The van der Waals surface area contributed by atoms with E-state index in [0.717, 1.165) is 53.3 Å². The number of hydrogen-bond donors (Lipinski definition) is 3. The van der Waals surface area contributed by atoms with E-state index < -0.39 is 0 Å². The number of H-pyrrole nitrogens is 1. The molecule has 4 rings (SSSR count). The minimum Gasteiger partial charge on any atom is -0.363 e. The summed E-state index contributed by atoms with van der Waals surface area (Å²) in [6, 6.07) is 20.7. The van der Waals surface area contributed by atoms with Crippen molar-refractivity contribution in [3.63, 3.8) is 0 Å². The molecule has 35 heavy (non-hydrogen) atoms. The second-order valence-corrected chi connectivity index (χ2v) is 8.69. The molecule has 2 aromatic heterocycles. The molecule has 3 N–H and O–H groups in total. The van der Waals surface area contributed by atoms with Crippen LogP contribution in [-0.2, 0) is 11.3 Å². The van der Waals surface area contributed by atoms with Crippen molar-refractivity contribution in [3.05, 3.63) is 78.1 Å². The molecule has 0 fully saturated rings. The van der Waals surface area contributed by atoms with E-state index in [2.05, 4.69) is 81.6 Å². The van der Waals surface area contributed by atoms with Crippen LogP contribution in [0.15, 0.2) is 67.0 Å². The van der Waals surface area contributed by atoms with Gasteiger partial charge in [0.1, 0.15) is 17.8 Å². The monoisotopic (exact) mass is 470 g/mol. The zero-order chi connectivity index (χ0) is 24.6. The molecule has 7 nitrogen and oxygen atoms in total. The van der Waals surface area contributed by atoms with Gasteiger partial charge in [-0.3, -0.25) is 4.79 Å². The van der Waals surface area contributed by atoms with E-state index in [4.69, 9.17) is 0 Å². The zero-order valence-electron chi connectivity index (χ0n) is 20.7. The third-order valence-corrected chi connectivity index (χ3v) is 6.38. The maximum Gasteiger partial charge on any atom is 0.221 e. The lowest BCUT2D eigenvalue weighted by atomic mass is 10.1. The summed E-state index contributed by atoms with van der Waals surface area (Å²) in [6.07, 6.45) is 2.10. The van der Waals surface area contributed by atoms with Crippen molar-refractivity contribution in [1.29, 1.82) is 0 Å². The van der Waals surface area contributed by atoms with Crippen LogP contribution in [0.2, 0.25) is 0 Å². The summed E-state index contributed by atoms with van der Waals surface area (Å²) in [5, 5.41) is 7.49. The molecule has 0 aliphatic rings. The highest BCUT2D eigenvalue weighted by atomic mass is 16.1. The average Bonchev–Trinajstić information content (AvgIpc) is 3.34. The van der Waals surface area contributed by atoms with Gasteiger partial charge in [0.2, 0.25) is 5.91 Å². The molecule has 1 amide bonds. The Morgan fingerprint density at radius 1 is 1.03 bits per heavy atom. The molecule has 0 aliphatic carbocycles. The highest BCUT2D eigenvalue weighted by Gasteiger charge is 2.13. The lowest BCUT2D eigenvalue weighted by molar-refractivity contribution is -0.121. The lowest BCUT2D eigenvalue weighted by Crippen LogP contribution is -2.30. The number of aromatic amines is 1. The average molecular weight is 471 g/mol. The number of amides is 1. The maximum atomic E-state index is 12.2. The molecule has 0 saturated heterocycles. The summed E-state index contributed by atoms with van der Waals surface area (Å²) in [6.45, 7) is 9.61. The lowest BCUT2D eigenvalue weighted by Gasteiger charge is -2.17. The molecule has 1 unspecified atom stereocenters. The van der Waals surface area contributed by atoms with Crippen molar-refractivity contribution in [3.8, 4) is 11.3 Å². The Bertz CT molecular complexity index is 1230. The van der Waals surface area contributed by atoms with Crippen molar-refractivity contribution in [2.75, 3.05) is 25.0 Å². The number of nitrogens with zero attached hydrogens (tertiary/aromatic N) is 3. The van der Waals surface area contributed by atoms with Crippen LogP contribution in [0.5, 0.6) is 0 Å². The second-order valence-electron chi connectivity index (χ2n) is 8.69. The predicted molar refractivity (Wildman–Crippen MR) is 142 cm³/mol. The molecule has 0 bridgehead atoms. The number of benzene rings is 2. The number of anilines is 1. The number of aromatic nitrogens is 3. The molecule has 0 spiro atoms. The van der Waals surface area contributed by atoms with Crippen molar-refractivity contribution in [2.45, 2.75) is 39.8 Å². The first-order valence-electron chi connectivity index (χ1n) is 12.3. The third-order valence-electron chi connectivity index (χ3n) is 6.38. The van der Waals surface area contributed by atoms with Gasteiger partial charge in [0.25, 0.3) is 0 Å². The Kier molecular flexibility index (Phi) is 8.11. The quantitative estimate of drug-likeness (QED) is 0.282. The third kappa shape index (κ3) is 6.25. The van der Waals surface area contributed by atoms with Crippen LogP contribution in [0.1, 0.15) is 44.4 Å². The molecule has 2 heterocycles. The first-order chi connectivity index (χ1) is 17.1. The highest BCUT2D eigenvalue weighted by Crippen LogP contribution is 2.29. The number of rotatable bonds is 11. The molecule has 7 heteroatoms. The van der Waals surface area contributed by atoms with Gasteiger partial charge in [-0.25, -0.2) is 9.97 Å². The Morgan fingerprint density at radius 3 is 2.49 bits per heavy atom. The Hall–Kier alpha value is -3.71. The number of fused-ring (bicyclic) bond motifs is 1. The van der Waals surface area contributed by atoms with Gasteiger partial charge in [0.05, 0.1) is 5.39 Å². The molecule has 0 radical (unpaired) electrons. The van der Waals surface area contributed by atoms with E-state index in [9.17, 15) is 4.79 Å². The molecule has 2 aromatic carbocycles. The van der Waals surface area contributed by atoms with Gasteiger partial charge in [-0.15, -0.1) is 0 Å². The molecular weight excluding hydrogens is 436 g/mol. The van der Waals surface area contributed by atoms with Gasteiger partial charge in [-0.05, 0) is 42.8 Å². The van der Waals surface area contributed by atoms with Crippen molar-refractivity contribution >= 4 is 22.8 Å². The molecule has 0 aliphatic heterocycles. The fourth-order valence-corrected chi connectivity index (χ4v) is 4.13. The molecule has 4 aromatic rings. The van der Waals surface area contributed by atoms with Gasteiger partial charge in [0.15, 0.2) is 0 Å². The number of carbonyl (C=O) groups excluding carboxylic acids is 1. The van der Waals surface area contributed by atoms with E-state index in [1.54, 1.807) is 6.33 Å². The minimum absolute atomic E-state index is 0.0833. The second kappa shape index (κ2) is 11.6. The van der Waals surface area contributed by atoms with Crippen molar-refractivity contribution < 1.29 is 4.79 Å². The molecule has 1 atom stereocenters. The van der Waals surface area contributed by atoms with Crippen molar-refractivity contribution in [1.82, 2.24) is 25.2 Å². The van der Waals surface area contributed by atoms with Crippen LogP contribution in [0.4, 0.5) is 5.82 Å². The Labute approximate surface area is 207 Å². The summed E-state index contributed by atoms with van der Waals surface area (Å²) in [7, 11) is 0. The van der Waals surface area contributed by atoms with Gasteiger partial charge in [0, 0.05) is 31.2 Å². The number of carbonyl (C=O) groups is 1. The van der Waals surface area contributed by atoms with Gasteiger partial charge < -0.3 is 20.5 Å². The van der Waals surface area contributed by atoms with Crippen LogP contribution in [0.3, 0.4) is 0 Å². The molecular formula is C28H34N6O. The van der Waals surface area contributed by atoms with Crippen LogP contribution >= 0.6 is 0 Å². The first-order valence-corrected chi connectivity index (χ1v) is 12.3. The predicted octanol–water partition coefficient (Wildman–Crippen LogP) is 5.15. The van der Waals surface area contributed by atoms with E-state index in [1.807, 2.05) is 30.3 Å². The number of nitrogens with one attached hydrogen (secondary N) is 3. The van der Waals surface area contributed by atoms with Crippen LogP contribution in [0.25, 0.3) is 22.3 Å². The smallest absolute Gasteiger partial charge is 0.221 e. The van der Waals surface area contributed by atoms with E-state index in [-0.39, 0.29) is 11.9 Å². The Balaban J connectivity index is 1.40. The summed E-state index contributed by atoms with van der Waals surface area (Å²) in [5.74, 6) is 0.887. The first kappa shape index (κ1) is 24.4. The van der Waals surface area contributed by atoms with Gasteiger partial charge >= 0.3 is 0 Å². The van der Waals surface area contributed by atoms with Crippen LogP contribution in [0, 0.1) is 0 Å². The Morgan fingerprint density at radius 2 is 1.77 bits per heavy atom. The van der Waals surface area contributed by atoms with Crippen molar-refractivity contribution in [2.24, 2.45) is 0 Å². The summed E-state index contributed by atoms with van der Waals surface area (Å²) < 4.78 is 0. The summed E-state index contributed by atoms with van der Waals surface area (Å²) >= 11 is 0. The SMILES string of the molecule is CCN(CC)CCC(=O)NCc1ccc(-c2cc3c(NC(C)c4ccccc4)ncnc3[nH]2)cc1. The highest BCUT2D eigenvalue weighted by molar-refractivity contribution is 5.91. The number of hydrogen-bond acceptors (Lipinski definition) is 5. The maximum absolute atomic E-state index is 12.2. The summed E-state index contributed by atoms with van der Waals surface area (Å²) in [4.78, 5) is 26.7. The fourth-order valence-electron chi connectivity index (χ4n) is 4.13. The molecule has 182 valence electrons. The fraction of sp³-hybridized carbons (Fsp3) is 0.321. The minimum atomic E-state index is 0.0833. The summed E-state index contributed by atoms with van der Waals surface area (Å²) in [5.41, 5.74) is 5.10. The zero-order valence-corrected chi connectivity index (χ0v) is 20.7. The standard InChI is InChI=1S/C28H34N6O/c1-4-34(5-2)16-15-26(35)29-18-21-11-13-23(14-12-21)25-17-24-27(30-19-31-28(24)33-25)32-20(3)22-9-7-6-8-10-22/h6-14,17,19-20H,4-5,15-16,18H2,1-3H3,(H,29,35)(H2,30,31,32,33). The van der Waals surface area contributed by atoms with E-state index in [0.29, 0.717) is 13.0 Å². The topological polar surface area (TPSA) is 85.9 Å². The normalized spacial score (nSPS) is 12.1. The van der Waals surface area contributed by atoms with Crippen LogP contribution < -0.4 is 10.6 Å².